The molecule has 0 saturated carbocycles. The summed E-state index contributed by atoms with van der Waals surface area (Å²) in [5.41, 5.74) is 1.76. The van der Waals surface area contributed by atoms with Gasteiger partial charge in [-0.3, -0.25) is 5.10 Å². The summed E-state index contributed by atoms with van der Waals surface area (Å²) in [5, 5.41) is 6.66. The molecule has 0 amide bonds. The fourth-order valence-corrected chi connectivity index (χ4v) is 2.56. The van der Waals surface area contributed by atoms with Crippen molar-refractivity contribution < 1.29 is 8.42 Å². The van der Waals surface area contributed by atoms with Gasteiger partial charge >= 0.3 is 0 Å². The van der Waals surface area contributed by atoms with Crippen LogP contribution in [0.1, 0.15) is 0 Å². The quantitative estimate of drug-likeness (QED) is 0.842. The Labute approximate surface area is 99.9 Å². The second kappa shape index (κ2) is 4.55. The highest BCUT2D eigenvalue weighted by Gasteiger charge is 2.12. The standard InChI is InChI=1S/C12H12N2O2S/c1-2-9-17(15,16)11-5-3-10(4-6-11)12-7-8-13-14-12/h2-8H,1,9H2,(H,13,14). The number of H-pyrrole nitrogens is 1. The Balaban J connectivity index is 2.34. The Hall–Kier alpha value is -1.88. The van der Waals surface area contributed by atoms with Gasteiger partial charge in [0.25, 0.3) is 0 Å². The number of sulfone groups is 1. The van der Waals surface area contributed by atoms with E-state index < -0.39 is 9.84 Å². The molecule has 1 N–H and O–H groups in total. The molecular weight excluding hydrogens is 236 g/mol. The van der Waals surface area contributed by atoms with Crippen molar-refractivity contribution in [2.45, 2.75) is 4.90 Å². The Kier molecular flexibility index (Phi) is 3.10. The van der Waals surface area contributed by atoms with Gasteiger partial charge in [-0.15, -0.1) is 6.58 Å². The van der Waals surface area contributed by atoms with Crippen LogP contribution < -0.4 is 0 Å². The molecular formula is C12H12N2O2S. The van der Waals surface area contributed by atoms with E-state index in [1.807, 2.05) is 6.07 Å². The average molecular weight is 248 g/mol. The topological polar surface area (TPSA) is 62.8 Å². The normalized spacial score (nSPS) is 11.3. The van der Waals surface area contributed by atoms with Gasteiger partial charge in [-0.1, -0.05) is 18.2 Å². The first-order valence-electron chi connectivity index (χ1n) is 5.07. The predicted octanol–water partition coefficient (Wildman–Crippen LogP) is 2.04. The minimum atomic E-state index is -3.24. The lowest BCUT2D eigenvalue weighted by molar-refractivity contribution is 0.599. The molecule has 0 bridgehead atoms. The van der Waals surface area contributed by atoms with Crippen molar-refractivity contribution in [2.24, 2.45) is 0 Å². The highest BCUT2D eigenvalue weighted by atomic mass is 32.2. The summed E-state index contributed by atoms with van der Waals surface area (Å²) in [7, 11) is -3.24. The van der Waals surface area contributed by atoms with E-state index in [0.717, 1.165) is 11.3 Å². The number of rotatable bonds is 4. The SMILES string of the molecule is C=CCS(=O)(=O)c1ccc(-c2ccn[nH]2)cc1. The Morgan fingerprint density at radius 2 is 1.94 bits per heavy atom. The summed E-state index contributed by atoms with van der Waals surface area (Å²) in [4.78, 5) is 0.306. The Morgan fingerprint density at radius 3 is 2.47 bits per heavy atom. The zero-order chi connectivity index (χ0) is 12.3. The molecule has 0 aliphatic heterocycles. The number of aromatic nitrogens is 2. The zero-order valence-electron chi connectivity index (χ0n) is 9.13. The summed E-state index contributed by atoms with van der Waals surface area (Å²) < 4.78 is 23.5. The summed E-state index contributed by atoms with van der Waals surface area (Å²) in [6, 6.07) is 8.52. The number of hydrogen-bond acceptors (Lipinski definition) is 3. The van der Waals surface area contributed by atoms with Gasteiger partial charge < -0.3 is 0 Å². The van der Waals surface area contributed by atoms with Crippen molar-refractivity contribution in [2.75, 3.05) is 5.75 Å². The van der Waals surface area contributed by atoms with Gasteiger partial charge in [-0.2, -0.15) is 5.10 Å². The first kappa shape index (κ1) is 11.6. The number of nitrogens with zero attached hydrogens (tertiary/aromatic N) is 1. The predicted molar refractivity (Wildman–Crippen MR) is 66.3 cm³/mol. The third-order valence-corrected chi connectivity index (χ3v) is 4.03. The van der Waals surface area contributed by atoms with Crippen LogP contribution >= 0.6 is 0 Å². The van der Waals surface area contributed by atoms with Crippen molar-refractivity contribution in [3.8, 4) is 11.3 Å². The van der Waals surface area contributed by atoms with Crippen LogP contribution in [0, 0.1) is 0 Å². The smallest absolute Gasteiger partial charge is 0.181 e. The van der Waals surface area contributed by atoms with E-state index >= 15 is 0 Å². The molecule has 1 aromatic carbocycles. The lowest BCUT2D eigenvalue weighted by Crippen LogP contribution is -2.04. The molecule has 5 heteroatoms. The number of benzene rings is 1. The molecule has 1 aromatic heterocycles. The van der Waals surface area contributed by atoms with Gasteiger partial charge in [0, 0.05) is 6.20 Å². The number of hydrogen-bond donors (Lipinski definition) is 1. The van der Waals surface area contributed by atoms with Crippen LogP contribution in [0.2, 0.25) is 0 Å². The molecule has 0 unspecified atom stereocenters. The third kappa shape index (κ3) is 2.45. The lowest BCUT2D eigenvalue weighted by Gasteiger charge is -2.02. The van der Waals surface area contributed by atoms with E-state index in [2.05, 4.69) is 16.8 Å². The molecule has 0 aliphatic carbocycles. The number of aromatic amines is 1. The van der Waals surface area contributed by atoms with Gasteiger partial charge in [0.15, 0.2) is 9.84 Å². The van der Waals surface area contributed by atoms with Crippen molar-refractivity contribution in [3.05, 3.63) is 49.2 Å². The van der Waals surface area contributed by atoms with E-state index in [-0.39, 0.29) is 5.75 Å². The van der Waals surface area contributed by atoms with Crippen molar-refractivity contribution in [3.63, 3.8) is 0 Å². The van der Waals surface area contributed by atoms with Crippen LogP contribution in [0.5, 0.6) is 0 Å². The fraction of sp³-hybridized carbons (Fsp3) is 0.0833. The molecule has 0 aliphatic rings. The third-order valence-electron chi connectivity index (χ3n) is 2.36. The van der Waals surface area contributed by atoms with Crippen LogP contribution in [0.3, 0.4) is 0 Å². The van der Waals surface area contributed by atoms with E-state index in [1.165, 1.54) is 6.08 Å². The van der Waals surface area contributed by atoms with Crippen molar-refractivity contribution in [1.29, 1.82) is 0 Å². The van der Waals surface area contributed by atoms with E-state index in [4.69, 9.17) is 0 Å². The largest absolute Gasteiger partial charge is 0.278 e. The first-order valence-corrected chi connectivity index (χ1v) is 6.72. The molecule has 0 spiro atoms. The minimum Gasteiger partial charge on any atom is -0.278 e. The van der Waals surface area contributed by atoms with Crippen LogP contribution in [-0.4, -0.2) is 24.4 Å². The van der Waals surface area contributed by atoms with Gasteiger partial charge in [-0.05, 0) is 23.8 Å². The first-order chi connectivity index (χ1) is 8.13. The monoisotopic (exact) mass is 248 g/mol. The Morgan fingerprint density at radius 1 is 1.24 bits per heavy atom. The average Bonchev–Trinajstić information content (AvgIpc) is 2.82. The second-order valence-corrected chi connectivity index (χ2v) is 5.60. The highest BCUT2D eigenvalue weighted by Crippen LogP contribution is 2.19. The molecule has 17 heavy (non-hydrogen) atoms. The van der Waals surface area contributed by atoms with E-state index in [0.29, 0.717) is 4.90 Å². The molecule has 0 radical (unpaired) electrons. The van der Waals surface area contributed by atoms with Crippen LogP contribution in [0.15, 0.2) is 54.1 Å². The van der Waals surface area contributed by atoms with Crippen LogP contribution in [0.25, 0.3) is 11.3 Å². The molecule has 2 rings (SSSR count). The second-order valence-electron chi connectivity index (χ2n) is 3.56. The van der Waals surface area contributed by atoms with Gasteiger partial charge in [0.2, 0.25) is 0 Å². The molecule has 4 nitrogen and oxygen atoms in total. The molecule has 0 saturated heterocycles. The van der Waals surface area contributed by atoms with Gasteiger partial charge in [-0.25, -0.2) is 8.42 Å². The summed E-state index contributed by atoms with van der Waals surface area (Å²) in [5.74, 6) is -0.0452. The molecule has 0 atom stereocenters. The maximum atomic E-state index is 11.7. The van der Waals surface area contributed by atoms with Gasteiger partial charge in [0.05, 0.1) is 16.3 Å². The van der Waals surface area contributed by atoms with Crippen LogP contribution in [0.4, 0.5) is 0 Å². The maximum Gasteiger partial charge on any atom is 0.181 e. The van der Waals surface area contributed by atoms with E-state index in [1.54, 1.807) is 30.5 Å². The Bertz CT molecular complexity index is 598. The minimum absolute atomic E-state index is 0.0452. The number of nitrogens with one attached hydrogen (secondary N) is 1. The van der Waals surface area contributed by atoms with Crippen molar-refractivity contribution >= 4 is 9.84 Å². The molecule has 1 heterocycles. The molecule has 88 valence electrons. The lowest BCUT2D eigenvalue weighted by atomic mass is 10.2. The fourth-order valence-electron chi connectivity index (χ4n) is 1.51. The summed E-state index contributed by atoms with van der Waals surface area (Å²) >= 11 is 0. The van der Waals surface area contributed by atoms with E-state index in [9.17, 15) is 8.42 Å². The molecule has 0 fully saturated rings. The molecule has 2 aromatic rings. The van der Waals surface area contributed by atoms with Crippen molar-refractivity contribution in [1.82, 2.24) is 10.2 Å². The van der Waals surface area contributed by atoms with Crippen LogP contribution in [-0.2, 0) is 9.84 Å². The zero-order valence-corrected chi connectivity index (χ0v) is 9.94. The van der Waals surface area contributed by atoms with Gasteiger partial charge in [0.1, 0.15) is 0 Å². The summed E-state index contributed by atoms with van der Waals surface area (Å²) in [6.07, 6.45) is 3.04. The summed E-state index contributed by atoms with van der Waals surface area (Å²) in [6.45, 7) is 3.44. The highest BCUT2D eigenvalue weighted by molar-refractivity contribution is 7.91. The maximum absolute atomic E-state index is 11.7.